The first-order valence-corrected chi connectivity index (χ1v) is 21.3. The minimum atomic E-state index is -4.52. The molecule has 0 unspecified atom stereocenters. The van der Waals surface area contributed by atoms with Gasteiger partial charge >= 0.3 is 24.5 Å². The number of nitrogens with zero attached hydrogens (tertiary/aromatic N) is 5. The number of morpholine rings is 2. The molecular weight excluding hydrogens is 839 g/mol. The molecule has 0 bridgehead atoms. The second-order valence-corrected chi connectivity index (χ2v) is 17.9. The minimum Gasteiger partial charge on any atom is -0.444 e. The van der Waals surface area contributed by atoms with Gasteiger partial charge in [-0.15, -0.1) is 0 Å². The number of carbonyl (C=O) groups excluding carboxylic acids is 3. The number of amides is 2. The first-order valence-electron chi connectivity index (χ1n) is 21.3. The Morgan fingerprint density at radius 2 is 1.16 bits per heavy atom. The minimum absolute atomic E-state index is 0.148. The highest BCUT2D eigenvalue weighted by atomic mass is 19.4. The third kappa shape index (κ3) is 16.0. The average molecular weight is 903 g/mol. The van der Waals surface area contributed by atoms with Gasteiger partial charge in [0.05, 0.1) is 37.6 Å². The van der Waals surface area contributed by atoms with Crippen molar-refractivity contribution in [2.45, 2.75) is 97.6 Å². The van der Waals surface area contributed by atoms with Crippen LogP contribution in [0.25, 0.3) is 0 Å². The van der Waals surface area contributed by atoms with Crippen LogP contribution in [-0.2, 0) is 37.8 Å². The Morgan fingerprint density at radius 3 is 1.60 bits per heavy atom. The molecule has 0 aromatic heterocycles. The molecule has 0 spiro atoms. The van der Waals surface area contributed by atoms with Crippen molar-refractivity contribution in [2.24, 2.45) is 0 Å². The Labute approximate surface area is 366 Å². The Hall–Kier alpha value is -4.33. The number of carbonyl (C=O) groups is 3. The van der Waals surface area contributed by atoms with Gasteiger partial charge in [-0.25, -0.2) is 9.59 Å². The second-order valence-electron chi connectivity index (χ2n) is 17.9. The predicted molar refractivity (Wildman–Crippen MR) is 227 cm³/mol. The summed E-state index contributed by atoms with van der Waals surface area (Å²) in [6, 6.07) is 8.43. The lowest BCUT2D eigenvalue weighted by atomic mass is 10.0. The molecule has 4 heterocycles. The Bertz CT molecular complexity index is 1810. The van der Waals surface area contributed by atoms with Crippen LogP contribution < -0.4 is 15.1 Å². The van der Waals surface area contributed by atoms with Gasteiger partial charge in [0.25, 0.3) is 0 Å². The number of piperazine rings is 2. The van der Waals surface area contributed by atoms with Crippen LogP contribution >= 0.6 is 0 Å². The molecular formula is C44H64F6N6O7. The molecule has 4 aliphatic heterocycles. The first kappa shape index (κ1) is 51.3. The van der Waals surface area contributed by atoms with Gasteiger partial charge in [-0.2, -0.15) is 26.3 Å². The smallest absolute Gasteiger partial charge is 0.417 e. The number of aldehydes is 1. The van der Waals surface area contributed by atoms with Gasteiger partial charge in [0.2, 0.25) is 0 Å². The number of hydrogen-bond donors (Lipinski definition) is 1. The lowest BCUT2D eigenvalue weighted by molar-refractivity contribution is -0.139. The summed E-state index contributed by atoms with van der Waals surface area (Å²) in [7, 11) is 0. The summed E-state index contributed by atoms with van der Waals surface area (Å²) in [5.41, 5.74) is -1.51. The van der Waals surface area contributed by atoms with E-state index in [1.807, 2.05) is 70.1 Å². The molecule has 2 aromatic rings. The van der Waals surface area contributed by atoms with Gasteiger partial charge in [-0.1, -0.05) is 6.07 Å². The van der Waals surface area contributed by atoms with Gasteiger partial charge in [0, 0.05) is 101 Å². The third-order valence-corrected chi connectivity index (χ3v) is 10.5. The van der Waals surface area contributed by atoms with E-state index in [2.05, 4.69) is 5.32 Å². The highest BCUT2D eigenvalue weighted by molar-refractivity contribution is 5.79. The summed E-state index contributed by atoms with van der Waals surface area (Å²) >= 11 is 0. The fourth-order valence-corrected chi connectivity index (χ4v) is 7.34. The van der Waals surface area contributed by atoms with Crippen molar-refractivity contribution in [3.8, 4) is 0 Å². The number of alkyl halides is 6. The van der Waals surface area contributed by atoms with E-state index in [-0.39, 0.29) is 48.2 Å². The van der Waals surface area contributed by atoms with E-state index >= 15 is 0 Å². The number of ether oxygens (including phenoxy) is 4. The van der Waals surface area contributed by atoms with E-state index in [4.69, 9.17) is 18.9 Å². The molecule has 0 saturated carbocycles. The second kappa shape index (κ2) is 22.0. The van der Waals surface area contributed by atoms with Crippen molar-refractivity contribution in [2.75, 3.05) is 102 Å². The summed E-state index contributed by atoms with van der Waals surface area (Å²) in [6.07, 6.45) is -9.30. The highest BCUT2D eigenvalue weighted by Crippen LogP contribution is 2.36. The van der Waals surface area contributed by atoms with Gasteiger partial charge in [0.15, 0.2) is 6.29 Å². The SMILES string of the molecule is C[C@H]1CN(Cc2ccc(N3CCOCC3)cc2C(F)(F)F)CCN1C(=O)OC(C)(C)C.C[C@H]1CNCCN1C(=O)OC(C)(C)C.O=Cc1ccc(N2CCOCC2)cc1C(F)(F)F. The maximum Gasteiger partial charge on any atom is 0.417 e. The molecule has 0 radical (unpaired) electrons. The van der Waals surface area contributed by atoms with Crippen LogP contribution in [0.3, 0.4) is 0 Å². The monoisotopic (exact) mass is 902 g/mol. The van der Waals surface area contributed by atoms with Gasteiger partial charge in [-0.3, -0.25) is 9.69 Å². The number of anilines is 2. The standard InChI is InChI=1S/C22H32F3N3O3.C12H12F3NO2.C10H20N2O2/c1-16-14-26(7-8-28(16)20(29)31-21(2,3)4)15-17-5-6-18(13-19(17)22(23,24)25)27-9-11-30-12-10-27;13-12(14,15)11-7-10(2-1-9(11)8-17)16-3-5-18-6-4-16;1-8-7-11-5-6-12(8)9(13)14-10(2,3)4/h5-6,13,16H,7-12,14-15H2,1-4H3;1-2,7-8H,3-6H2;8,11H,5-7H2,1-4H3/t16-;;8-/m0.0/s1. The molecule has 4 aliphatic rings. The van der Waals surface area contributed by atoms with Gasteiger partial charge in [-0.05, 0) is 91.3 Å². The lowest BCUT2D eigenvalue weighted by Crippen LogP contribution is -2.54. The number of halogens is 6. The predicted octanol–water partition coefficient (Wildman–Crippen LogP) is 7.55. The molecule has 13 nitrogen and oxygen atoms in total. The number of nitrogens with one attached hydrogen (secondary N) is 1. The van der Waals surface area contributed by atoms with Crippen LogP contribution in [0.15, 0.2) is 36.4 Å². The van der Waals surface area contributed by atoms with Crippen molar-refractivity contribution in [3.63, 3.8) is 0 Å². The molecule has 19 heteroatoms. The fraction of sp³-hybridized carbons (Fsp3) is 0.659. The quantitative estimate of drug-likeness (QED) is 0.237. The summed E-state index contributed by atoms with van der Waals surface area (Å²) in [6.45, 7) is 23.3. The molecule has 2 atom stereocenters. The van der Waals surface area contributed by atoms with Crippen molar-refractivity contribution in [3.05, 3.63) is 58.7 Å². The molecule has 4 fully saturated rings. The lowest BCUT2D eigenvalue weighted by Gasteiger charge is -2.40. The van der Waals surface area contributed by atoms with Crippen molar-refractivity contribution < 1.29 is 59.7 Å². The summed E-state index contributed by atoms with van der Waals surface area (Å²) in [5, 5.41) is 3.23. The van der Waals surface area contributed by atoms with Crippen molar-refractivity contribution >= 4 is 29.8 Å². The molecule has 6 rings (SSSR count). The Kier molecular flexibility index (Phi) is 17.9. The Morgan fingerprint density at radius 1 is 0.683 bits per heavy atom. The molecule has 0 aliphatic carbocycles. The highest BCUT2D eigenvalue weighted by Gasteiger charge is 2.37. The molecule has 4 saturated heterocycles. The van der Waals surface area contributed by atoms with Crippen LogP contribution in [-0.4, -0.2) is 148 Å². The summed E-state index contributed by atoms with van der Waals surface area (Å²) in [4.78, 5) is 43.8. The van der Waals surface area contributed by atoms with Crippen LogP contribution in [0.5, 0.6) is 0 Å². The van der Waals surface area contributed by atoms with E-state index < -0.39 is 34.7 Å². The van der Waals surface area contributed by atoms with Crippen molar-refractivity contribution in [1.29, 1.82) is 0 Å². The maximum atomic E-state index is 13.8. The fourth-order valence-electron chi connectivity index (χ4n) is 7.34. The molecule has 63 heavy (non-hydrogen) atoms. The van der Waals surface area contributed by atoms with Crippen LogP contribution in [0.2, 0.25) is 0 Å². The topological polar surface area (TPSA) is 116 Å². The molecule has 2 amide bonds. The summed E-state index contributed by atoms with van der Waals surface area (Å²) in [5.74, 6) is 0. The van der Waals surface area contributed by atoms with Gasteiger partial charge in [0.1, 0.15) is 11.2 Å². The number of hydrogen-bond acceptors (Lipinski definition) is 11. The van der Waals surface area contributed by atoms with Crippen molar-refractivity contribution in [1.82, 2.24) is 20.0 Å². The normalized spacial score (nSPS) is 20.5. The van der Waals surface area contributed by atoms with Crippen LogP contribution in [0, 0.1) is 0 Å². The van der Waals surface area contributed by atoms with E-state index in [1.165, 1.54) is 18.2 Å². The zero-order valence-corrected chi connectivity index (χ0v) is 37.7. The summed E-state index contributed by atoms with van der Waals surface area (Å²) < 4.78 is 101. The number of rotatable bonds is 5. The average Bonchev–Trinajstić information content (AvgIpc) is 3.20. The first-order chi connectivity index (χ1) is 29.4. The molecule has 2 aromatic carbocycles. The Balaban J connectivity index is 0.000000230. The zero-order valence-electron chi connectivity index (χ0n) is 37.7. The zero-order chi connectivity index (χ0) is 46.8. The van der Waals surface area contributed by atoms with E-state index in [1.54, 1.807) is 21.9 Å². The molecule has 1 N–H and O–H groups in total. The third-order valence-electron chi connectivity index (χ3n) is 10.5. The van der Waals surface area contributed by atoms with Crippen LogP contribution in [0.1, 0.15) is 82.4 Å². The van der Waals surface area contributed by atoms with E-state index in [0.717, 1.165) is 25.7 Å². The largest absolute Gasteiger partial charge is 0.444 e. The van der Waals surface area contributed by atoms with Gasteiger partial charge < -0.3 is 43.9 Å². The maximum absolute atomic E-state index is 13.8. The van der Waals surface area contributed by atoms with E-state index in [9.17, 15) is 40.7 Å². The number of benzene rings is 2. The van der Waals surface area contributed by atoms with E-state index in [0.29, 0.717) is 83.6 Å². The molecule has 354 valence electrons. The van der Waals surface area contributed by atoms with Crippen LogP contribution in [0.4, 0.5) is 47.3 Å².